The van der Waals surface area contributed by atoms with Gasteiger partial charge in [0.2, 0.25) is 0 Å². The van der Waals surface area contributed by atoms with Gasteiger partial charge in [-0.2, -0.15) is 0 Å². The molecule has 0 atom stereocenters. The number of aromatic nitrogens is 1. The van der Waals surface area contributed by atoms with Crippen molar-refractivity contribution in [2.45, 2.75) is 0 Å². The average molecular weight is 379 g/mol. The van der Waals surface area contributed by atoms with E-state index in [2.05, 4.69) is 15.6 Å². The van der Waals surface area contributed by atoms with Gasteiger partial charge in [-0.15, -0.1) is 0 Å². The Hall–Kier alpha value is -3.74. The Kier molecular flexibility index (Phi) is 5.96. The molecule has 1 heterocycles. The Labute approximate surface area is 163 Å². The molecule has 1 aromatic heterocycles. The molecule has 0 radical (unpaired) electrons. The van der Waals surface area contributed by atoms with Crippen molar-refractivity contribution in [1.29, 1.82) is 0 Å². The van der Waals surface area contributed by atoms with Gasteiger partial charge >= 0.3 is 0 Å². The van der Waals surface area contributed by atoms with Crippen LogP contribution < -0.4 is 24.8 Å². The first kappa shape index (κ1) is 19.0. The standard InChI is InChI=1S/C21H21N3O4/c1-26-17-6-4-5-15(10-17)24-21(25)14-9-16(13-22-12-14)23-19-8-7-18(27-2)11-20(19)28-3/h4-13,23H,1-3H3,(H,24,25). The van der Waals surface area contributed by atoms with Crippen molar-refractivity contribution in [1.82, 2.24) is 4.98 Å². The predicted molar refractivity (Wildman–Crippen MR) is 108 cm³/mol. The minimum Gasteiger partial charge on any atom is -0.497 e. The SMILES string of the molecule is COc1cccc(NC(=O)c2cncc(Nc3ccc(OC)cc3OC)c2)c1. The number of nitrogens with zero attached hydrogens (tertiary/aromatic N) is 1. The van der Waals surface area contributed by atoms with Crippen molar-refractivity contribution < 1.29 is 19.0 Å². The Balaban J connectivity index is 1.77. The number of benzene rings is 2. The predicted octanol–water partition coefficient (Wildman–Crippen LogP) is 4.10. The molecule has 28 heavy (non-hydrogen) atoms. The molecule has 0 unspecified atom stereocenters. The minimum absolute atomic E-state index is 0.272. The van der Waals surface area contributed by atoms with Gasteiger partial charge in [0.1, 0.15) is 17.2 Å². The normalized spacial score (nSPS) is 10.1. The van der Waals surface area contributed by atoms with Crippen molar-refractivity contribution in [3.05, 3.63) is 66.5 Å². The second-order valence-electron chi connectivity index (χ2n) is 5.84. The van der Waals surface area contributed by atoms with Gasteiger partial charge in [0.05, 0.1) is 44.5 Å². The first-order valence-corrected chi connectivity index (χ1v) is 8.52. The van der Waals surface area contributed by atoms with E-state index in [9.17, 15) is 4.79 Å². The number of rotatable bonds is 7. The Morgan fingerprint density at radius 3 is 2.39 bits per heavy atom. The molecule has 3 aromatic rings. The van der Waals surface area contributed by atoms with E-state index >= 15 is 0 Å². The van der Waals surface area contributed by atoms with Gasteiger partial charge in [0.15, 0.2) is 0 Å². The molecule has 0 bridgehead atoms. The van der Waals surface area contributed by atoms with Crippen LogP contribution in [0.1, 0.15) is 10.4 Å². The molecule has 1 amide bonds. The van der Waals surface area contributed by atoms with E-state index in [4.69, 9.17) is 14.2 Å². The van der Waals surface area contributed by atoms with Crippen LogP contribution in [0.2, 0.25) is 0 Å². The van der Waals surface area contributed by atoms with E-state index < -0.39 is 0 Å². The molecule has 3 rings (SSSR count). The van der Waals surface area contributed by atoms with Crippen LogP contribution in [-0.2, 0) is 0 Å². The van der Waals surface area contributed by atoms with E-state index in [1.807, 2.05) is 18.2 Å². The lowest BCUT2D eigenvalue weighted by Crippen LogP contribution is -2.12. The van der Waals surface area contributed by atoms with Crippen molar-refractivity contribution in [2.24, 2.45) is 0 Å². The van der Waals surface area contributed by atoms with E-state index in [-0.39, 0.29) is 5.91 Å². The Morgan fingerprint density at radius 2 is 1.64 bits per heavy atom. The number of amides is 1. The lowest BCUT2D eigenvalue weighted by atomic mass is 10.2. The lowest BCUT2D eigenvalue weighted by Gasteiger charge is -2.13. The zero-order valence-corrected chi connectivity index (χ0v) is 15.9. The van der Waals surface area contributed by atoms with E-state index in [1.165, 1.54) is 6.20 Å². The van der Waals surface area contributed by atoms with Gasteiger partial charge in [0.25, 0.3) is 5.91 Å². The summed E-state index contributed by atoms with van der Waals surface area (Å²) in [4.78, 5) is 16.7. The van der Waals surface area contributed by atoms with Crippen molar-refractivity contribution in [3.63, 3.8) is 0 Å². The summed E-state index contributed by atoms with van der Waals surface area (Å²) in [7, 11) is 4.75. The summed E-state index contributed by atoms with van der Waals surface area (Å²) in [6, 6.07) is 14.3. The van der Waals surface area contributed by atoms with Gasteiger partial charge < -0.3 is 24.8 Å². The summed E-state index contributed by atoms with van der Waals surface area (Å²) in [5, 5.41) is 6.04. The maximum Gasteiger partial charge on any atom is 0.257 e. The molecule has 0 aliphatic rings. The van der Waals surface area contributed by atoms with Crippen molar-refractivity contribution >= 4 is 23.0 Å². The zero-order valence-electron chi connectivity index (χ0n) is 15.9. The summed E-state index contributed by atoms with van der Waals surface area (Å²) in [5.74, 6) is 1.70. The van der Waals surface area contributed by atoms with Crippen LogP contribution in [0.5, 0.6) is 17.2 Å². The summed E-state index contributed by atoms with van der Waals surface area (Å²) in [6.45, 7) is 0. The second kappa shape index (κ2) is 8.77. The molecule has 144 valence electrons. The Morgan fingerprint density at radius 1 is 0.857 bits per heavy atom. The molecular weight excluding hydrogens is 358 g/mol. The van der Waals surface area contributed by atoms with Gasteiger partial charge in [-0.3, -0.25) is 9.78 Å². The number of hydrogen-bond donors (Lipinski definition) is 2. The number of carbonyl (C=O) groups excluding carboxylic acids is 1. The lowest BCUT2D eigenvalue weighted by molar-refractivity contribution is 0.102. The fourth-order valence-corrected chi connectivity index (χ4v) is 2.59. The fraction of sp³-hybridized carbons (Fsp3) is 0.143. The third kappa shape index (κ3) is 4.50. The molecule has 0 spiro atoms. The van der Waals surface area contributed by atoms with Gasteiger partial charge in [-0.05, 0) is 30.3 Å². The maximum absolute atomic E-state index is 12.6. The van der Waals surface area contributed by atoms with Gasteiger partial charge in [-0.1, -0.05) is 6.07 Å². The second-order valence-corrected chi connectivity index (χ2v) is 5.84. The van der Waals surface area contributed by atoms with Gasteiger partial charge in [-0.25, -0.2) is 0 Å². The highest BCUT2D eigenvalue weighted by Crippen LogP contribution is 2.31. The van der Waals surface area contributed by atoms with E-state index in [0.29, 0.717) is 34.2 Å². The first-order chi connectivity index (χ1) is 13.6. The highest BCUT2D eigenvalue weighted by Gasteiger charge is 2.10. The molecule has 2 N–H and O–H groups in total. The van der Waals surface area contributed by atoms with Crippen LogP contribution in [0.4, 0.5) is 17.1 Å². The number of nitrogens with one attached hydrogen (secondary N) is 2. The smallest absolute Gasteiger partial charge is 0.257 e. The summed E-state index contributed by atoms with van der Waals surface area (Å²) < 4.78 is 15.8. The Bertz CT molecular complexity index is 975. The van der Waals surface area contributed by atoms with Crippen LogP contribution in [0.25, 0.3) is 0 Å². The quantitative estimate of drug-likeness (QED) is 0.643. The molecule has 7 nitrogen and oxygen atoms in total. The molecule has 0 aliphatic heterocycles. The monoisotopic (exact) mass is 379 g/mol. The number of carbonyl (C=O) groups is 1. The highest BCUT2D eigenvalue weighted by atomic mass is 16.5. The van der Waals surface area contributed by atoms with Crippen LogP contribution >= 0.6 is 0 Å². The highest BCUT2D eigenvalue weighted by molar-refractivity contribution is 6.04. The van der Waals surface area contributed by atoms with Crippen LogP contribution in [-0.4, -0.2) is 32.2 Å². The van der Waals surface area contributed by atoms with Crippen LogP contribution in [0.3, 0.4) is 0 Å². The summed E-state index contributed by atoms with van der Waals surface area (Å²) >= 11 is 0. The molecular formula is C21H21N3O4. The third-order valence-corrected chi connectivity index (χ3v) is 4.02. The van der Waals surface area contributed by atoms with Crippen LogP contribution in [0, 0.1) is 0 Å². The fourth-order valence-electron chi connectivity index (χ4n) is 2.59. The molecule has 7 heteroatoms. The van der Waals surface area contributed by atoms with Crippen LogP contribution in [0.15, 0.2) is 60.9 Å². The van der Waals surface area contributed by atoms with Crippen molar-refractivity contribution in [3.8, 4) is 17.2 Å². The zero-order chi connectivity index (χ0) is 19.9. The topological polar surface area (TPSA) is 81.7 Å². The van der Waals surface area contributed by atoms with Gasteiger partial charge in [0, 0.05) is 24.0 Å². The molecule has 0 saturated heterocycles. The average Bonchev–Trinajstić information content (AvgIpc) is 2.74. The molecule has 0 saturated carbocycles. The number of hydrogen-bond acceptors (Lipinski definition) is 6. The largest absolute Gasteiger partial charge is 0.497 e. The summed E-state index contributed by atoms with van der Waals surface area (Å²) in [6.07, 6.45) is 3.14. The molecule has 0 fully saturated rings. The summed E-state index contributed by atoms with van der Waals surface area (Å²) in [5.41, 5.74) is 2.44. The number of pyridine rings is 1. The number of methoxy groups -OCH3 is 3. The molecule has 2 aromatic carbocycles. The maximum atomic E-state index is 12.6. The molecule has 0 aliphatic carbocycles. The third-order valence-electron chi connectivity index (χ3n) is 4.02. The van der Waals surface area contributed by atoms with E-state index in [0.717, 1.165) is 5.69 Å². The number of anilines is 3. The van der Waals surface area contributed by atoms with E-state index in [1.54, 1.807) is 57.9 Å². The first-order valence-electron chi connectivity index (χ1n) is 8.52. The number of ether oxygens (including phenoxy) is 3. The minimum atomic E-state index is -0.272. The van der Waals surface area contributed by atoms with Crippen molar-refractivity contribution in [2.75, 3.05) is 32.0 Å².